The van der Waals surface area contributed by atoms with Gasteiger partial charge in [0, 0.05) is 30.4 Å². The molecule has 0 radical (unpaired) electrons. The van der Waals surface area contributed by atoms with Crippen molar-refractivity contribution in [3.8, 4) is 0 Å². The molecule has 0 atom stereocenters. The highest BCUT2D eigenvalue weighted by Gasteiger charge is 2.20. The van der Waals surface area contributed by atoms with Gasteiger partial charge >= 0.3 is 0 Å². The maximum absolute atomic E-state index is 13.3. The molecule has 0 N–H and O–H groups in total. The van der Waals surface area contributed by atoms with Gasteiger partial charge in [0.1, 0.15) is 5.52 Å². The van der Waals surface area contributed by atoms with E-state index < -0.39 is 0 Å². The SMILES string of the molecule is CCSc1ccc(CC(=O)N(CCCn2ccnc2)c2nc3c(Cl)cccc3s2)cc1.Cl. The van der Waals surface area contributed by atoms with Crippen molar-refractivity contribution in [2.75, 3.05) is 17.2 Å². The average molecular weight is 508 g/mol. The van der Waals surface area contributed by atoms with Crippen molar-refractivity contribution in [3.05, 3.63) is 71.8 Å². The largest absolute Gasteiger partial charge is 0.337 e. The molecule has 9 heteroatoms. The van der Waals surface area contributed by atoms with E-state index in [-0.39, 0.29) is 18.3 Å². The second kappa shape index (κ2) is 11.7. The second-order valence-electron chi connectivity index (χ2n) is 7.04. The first-order valence-electron chi connectivity index (χ1n) is 10.2. The Bertz CT molecular complexity index is 1150. The number of carbonyl (C=O) groups is 1. The molecule has 0 saturated heterocycles. The lowest BCUT2D eigenvalue weighted by molar-refractivity contribution is -0.118. The fourth-order valence-electron chi connectivity index (χ4n) is 3.32. The molecule has 0 aliphatic rings. The van der Waals surface area contributed by atoms with Crippen LogP contribution in [-0.2, 0) is 17.8 Å². The minimum atomic E-state index is 0. The van der Waals surface area contributed by atoms with Crippen LogP contribution in [0.3, 0.4) is 0 Å². The number of aromatic nitrogens is 3. The Morgan fingerprint density at radius 1 is 1.22 bits per heavy atom. The van der Waals surface area contributed by atoms with Crippen molar-refractivity contribution in [3.63, 3.8) is 0 Å². The highest BCUT2D eigenvalue weighted by molar-refractivity contribution is 7.99. The number of anilines is 1. The zero-order valence-corrected chi connectivity index (χ0v) is 20.8. The molecule has 4 rings (SSSR count). The van der Waals surface area contributed by atoms with Crippen molar-refractivity contribution in [2.45, 2.75) is 31.2 Å². The van der Waals surface area contributed by atoms with Crippen molar-refractivity contribution < 1.29 is 4.79 Å². The number of thiazole rings is 1. The molecule has 32 heavy (non-hydrogen) atoms. The van der Waals surface area contributed by atoms with Gasteiger partial charge in [0.2, 0.25) is 5.91 Å². The number of fused-ring (bicyclic) bond motifs is 1. The number of hydrogen-bond acceptors (Lipinski definition) is 5. The summed E-state index contributed by atoms with van der Waals surface area (Å²) < 4.78 is 3.00. The van der Waals surface area contributed by atoms with Gasteiger partial charge in [-0.1, -0.05) is 48.1 Å². The van der Waals surface area contributed by atoms with E-state index >= 15 is 0 Å². The number of nitrogens with zero attached hydrogens (tertiary/aromatic N) is 4. The van der Waals surface area contributed by atoms with Crippen LogP contribution in [0.15, 0.2) is 66.1 Å². The van der Waals surface area contributed by atoms with Crippen LogP contribution in [0.4, 0.5) is 5.13 Å². The van der Waals surface area contributed by atoms with Crippen LogP contribution in [0.5, 0.6) is 0 Å². The first-order valence-corrected chi connectivity index (χ1v) is 12.3. The number of imidazole rings is 1. The van der Waals surface area contributed by atoms with Gasteiger partial charge in [-0.3, -0.25) is 9.69 Å². The molecule has 5 nitrogen and oxygen atoms in total. The van der Waals surface area contributed by atoms with Crippen LogP contribution >= 0.6 is 47.1 Å². The fourth-order valence-corrected chi connectivity index (χ4v) is 5.29. The van der Waals surface area contributed by atoms with E-state index in [9.17, 15) is 4.79 Å². The van der Waals surface area contributed by atoms with E-state index in [2.05, 4.69) is 24.0 Å². The van der Waals surface area contributed by atoms with Crippen LogP contribution in [0.25, 0.3) is 10.2 Å². The lowest BCUT2D eigenvalue weighted by Gasteiger charge is -2.20. The number of para-hydroxylation sites is 1. The molecule has 168 valence electrons. The minimum absolute atomic E-state index is 0. The zero-order chi connectivity index (χ0) is 21.6. The predicted molar refractivity (Wildman–Crippen MR) is 138 cm³/mol. The maximum atomic E-state index is 13.3. The standard InChI is InChI=1S/C23H23ClN4OS2.ClH/c1-2-30-18-9-7-17(8-10-18)15-21(29)28(13-4-12-27-14-11-25-16-27)23-26-22-19(24)5-3-6-20(22)31-23;/h3,5-11,14,16H,2,4,12-13,15H2,1H3;1H. The van der Waals surface area contributed by atoms with Crippen LogP contribution in [0.2, 0.25) is 5.02 Å². The molecule has 1 amide bonds. The van der Waals surface area contributed by atoms with Crippen molar-refractivity contribution in [1.29, 1.82) is 0 Å². The summed E-state index contributed by atoms with van der Waals surface area (Å²) in [4.78, 5) is 25.1. The number of amides is 1. The van der Waals surface area contributed by atoms with Crippen LogP contribution in [0, 0.1) is 0 Å². The Labute approximate surface area is 207 Å². The van der Waals surface area contributed by atoms with Gasteiger partial charge in [-0.25, -0.2) is 9.97 Å². The van der Waals surface area contributed by atoms with E-state index in [1.807, 2.05) is 41.1 Å². The zero-order valence-electron chi connectivity index (χ0n) is 17.6. The third-order valence-electron chi connectivity index (χ3n) is 4.84. The maximum Gasteiger partial charge on any atom is 0.233 e. The number of thioether (sulfide) groups is 1. The van der Waals surface area contributed by atoms with Gasteiger partial charge in [0.05, 0.1) is 22.5 Å². The summed E-state index contributed by atoms with van der Waals surface area (Å²) in [5.41, 5.74) is 1.75. The van der Waals surface area contributed by atoms with Crippen LogP contribution < -0.4 is 4.90 Å². The molecule has 0 aliphatic heterocycles. The van der Waals surface area contributed by atoms with Gasteiger partial charge in [-0.2, -0.15) is 0 Å². The molecule has 0 spiro atoms. The molecule has 2 aromatic carbocycles. The number of rotatable bonds is 9. The lowest BCUT2D eigenvalue weighted by atomic mass is 10.1. The summed E-state index contributed by atoms with van der Waals surface area (Å²) in [6.07, 6.45) is 6.63. The molecule has 0 saturated carbocycles. The van der Waals surface area contributed by atoms with Gasteiger partial charge in [-0.15, -0.1) is 24.2 Å². The monoisotopic (exact) mass is 506 g/mol. The second-order valence-corrected chi connectivity index (χ2v) is 9.79. The Morgan fingerprint density at radius 3 is 2.72 bits per heavy atom. The molecule has 0 fully saturated rings. The number of hydrogen-bond donors (Lipinski definition) is 0. The summed E-state index contributed by atoms with van der Waals surface area (Å²) >= 11 is 9.62. The molecule has 4 aromatic rings. The Hall–Kier alpha value is -2.06. The molecule has 0 bridgehead atoms. The van der Waals surface area contributed by atoms with E-state index in [4.69, 9.17) is 16.6 Å². The van der Waals surface area contributed by atoms with E-state index in [1.165, 1.54) is 16.2 Å². The normalized spacial score (nSPS) is 10.8. The Kier molecular flexibility index (Phi) is 8.99. The van der Waals surface area contributed by atoms with E-state index in [1.54, 1.807) is 29.2 Å². The molecule has 0 aliphatic carbocycles. The fraction of sp³-hybridized carbons (Fsp3) is 0.261. The summed E-state index contributed by atoms with van der Waals surface area (Å²) in [5, 5.41) is 1.30. The van der Waals surface area contributed by atoms with Gasteiger partial charge in [-0.05, 0) is 42.0 Å². The first kappa shape index (κ1) is 24.6. The van der Waals surface area contributed by atoms with Gasteiger partial charge < -0.3 is 4.57 Å². The summed E-state index contributed by atoms with van der Waals surface area (Å²) in [6.45, 7) is 3.50. The number of carbonyl (C=O) groups excluding carboxylic acids is 1. The Morgan fingerprint density at radius 2 is 2.03 bits per heavy atom. The average Bonchev–Trinajstić information content (AvgIpc) is 3.43. The number of aryl methyl sites for hydroxylation is 1. The molecular weight excluding hydrogens is 483 g/mol. The molecule has 2 heterocycles. The van der Waals surface area contributed by atoms with Crippen LogP contribution in [-0.4, -0.2) is 32.7 Å². The minimum Gasteiger partial charge on any atom is -0.337 e. The summed E-state index contributed by atoms with van der Waals surface area (Å²) in [7, 11) is 0. The summed E-state index contributed by atoms with van der Waals surface area (Å²) in [6, 6.07) is 14.0. The van der Waals surface area contributed by atoms with Crippen LogP contribution in [0.1, 0.15) is 18.9 Å². The third-order valence-corrected chi connectivity index (χ3v) is 7.08. The topological polar surface area (TPSA) is 51.0 Å². The highest BCUT2D eigenvalue weighted by atomic mass is 35.5. The van der Waals surface area contributed by atoms with Crippen molar-refractivity contribution >= 4 is 68.4 Å². The first-order chi connectivity index (χ1) is 15.1. The van der Waals surface area contributed by atoms with Crippen molar-refractivity contribution in [2.24, 2.45) is 0 Å². The molecular formula is C23H24Cl2N4OS2. The van der Waals surface area contributed by atoms with Crippen molar-refractivity contribution in [1.82, 2.24) is 14.5 Å². The lowest BCUT2D eigenvalue weighted by Crippen LogP contribution is -2.33. The summed E-state index contributed by atoms with van der Waals surface area (Å²) in [5.74, 6) is 1.07. The van der Waals surface area contributed by atoms with Gasteiger partial charge in [0.25, 0.3) is 0 Å². The number of benzene rings is 2. The Balaban J connectivity index is 0.00000289. The molecule has 0 unspecified atom stereocenters. The van der Waals surface area contributed by atoms with E-state index in [0.29, 0.717) is 23.1 Å². The third kappa shape index (κ3) is 6.04. The number of halogens is 2. The predicted octanol–water partition coefficient (Wildman–Crippen LogP) is 6.35. The van der Waals surface area contributed by atoms with E-state index in [0.717, 1.165) is 34.5 Å². The molecule has 2 aromatic heterocycles. The van der Waals surface area contributed by atoms with Gasteiger partial charge in [0.15, 0.2) is 5.13 Å². The highest BCUT2D eigenvalue weighted by Crippen LogP contribution is 2.33. The quantitative estimate of drug-likeness (QED) is 0.248. The smallest absolute Gasteiger partial charge is 0.233 e.